The van der Waals surface area contributed by atoms with E-state index in [1.165, 1.54) is 18.9 Å². The monoisotopic (exact) mass is 509 g/mol. The summed E-state index contributed by atoms with van der Waals surface area (Å²) in [5.74, 6) is -2.87. The molecule has 8 nitrogen and oxygen atoms in total. The Labute approximate surface area is 204 Å². The summed E-state index contributed by atoms with van der Waals surface area (Å²) in [4.78, 5) is 38.7. The third kappa shape index (κ3) is 5.67. The molecule has 2 aromatic rings. The molecule has 190 valence electrons. The molecule has 0 aliphatic carbocycles. The van der Waals surface area contributed by atoms with E-state index in [0.717, 1.165) is 17.7 Å². The lowest BCUT2D eigenvalue weighted by Gasteiger charge is -2.37. The van der Waals surface area contributed by atoms with Crippen LogP contribution in [0.15, 0.2) is 35.2 Å². The van der Waals surface area contributed by atoms with Gasteiger partial charge < -0.3 is 25.4 Å². The number of hydrogen-bond donors (Lipinski definition) is 3. The van der Waals surface area contributed by atoms with Crippen molar-refractivity contribution in [2.24, 2.45) is 0 Å². The van der Waals surface area contributed by atoms with Gasteiger partial charge in [0, 0.05) is 12.2 Å². The fraction of sp³-hybridized carbons (Fsp3) is 0.375. The highest BCUT2D eigenvalue weighted by atomic mass is 32.3. The Bertz CT molecular complexity index is 1150. The Kier molecular flexibility index (Phi) is 7.59. The lowest BCUT2D eigenvalue weighted by Crippen LogP contribution is -2.52. The van der Waals surface area contributed by atoms with Crippen LogP contribution in [-0.2, 0) is 16.0 Å². The molecule has 1 heterocycles. The molecule has 1 aliphatic rings. The summed E-state index contributed by atoms with van der Waals surface area (Å²) in [5, 5.41) is 14.0. The fourth-order valence-corrected chi connectivity index (χ4v) is 5.28. The van der Waals surface area contributed by atoms with Crippen LogP contribution >= 0.6 is 10.0 Å². The molecule has 2 aromatic carbocycles. The highest BCUT2D eigenvalue weighted by Crippen LogP contribution is 2.48. The number of urea groups is 1. The van der Waals surface area contributed by atoms with Crippen molar-refractivity contribution in [1.82, 2.24) is 10.2 Å². The van der Waals surface area contributed by atoms with Crippen LogP contribution in [-0.4, -0.2) is 66.4 Å². The Balaban J connectivity index is 1.98. The Morgan fingerprint density at radius 1 is 1.14 bits per heavy atom. The van der Waals surface area contributed by atoms with Gasteiger partial charge in [0.15, 0.2) is 0 Å². The summed E-state index contributed by atoms with van der Waals surface area (Å²) in [6.45, 7) is 1.42. The van der Waals surface area contributed by atoms with Gasteiger partial charge in [-0.3, -0.25) is 9.59 Å². The average molecular weight is 510 g/mol. The maximum absolute atomic E-state index is 14.7. The molecule has 0 saturated heterocycles. The predicted molar refractivity (Wildman–Crippen MR) is 130 cm³/mol. The summed E-state index contributed by atoms with van der Waals surface area (Å²) < 4.78 is 34.7. The van der Waals surface area contributed by atoms with Gasteiger partial charge in [-0.1, -0.05) is 6.07 Å². The first-order chi connectivity index (χ1) is 16.3. The first-order valence-electron chi connectivity index (χ1n) is 10.8. The number of amides is 3. The minimum Gasteiger partial charge on any atom is -0.497 e. The van der Waals surface area contributed by atoms with Gasteiger partial charge in [0.2, 0.25) is 0 Å². The minimum absolute atomic E-state index is 0.0192. The van der Waals surface area contributed by atoms with E-state index in [0.29, 0.717) is 17.7 Å². The fourth-order valence-electron chi connectivity index (χ4n) is 3.99. The molecule has 0 spiro atoms. The van der Waals surface area contributed by atoms with Crippen molar-refractivity contribution in [2.45, 2.75) is 30.3 Å². The van der Waals surface area contributed by atoms with Gasteiger partial charge >= 0.3 is 12.0 Å². The van der Waals surface area contributed by atoms with E-state index in [2.05, 4.69) is 10.6 Å². The van der Waals surface area contributed by atoms with Gasteiger partial charge in [-0.2, -0.15) is 0 Å². The standard InChI is InChI=1S/C24H29F2N3O5S/c1-13(23(31)32)27-24(33)29-9-8-14-10-16(34-2)6-7-17(14)20(29)22(30)28-15-11-18(25)21(19(26)12-15)35(3,4)5/h6-7,10-13,20H,8-9H2,1-5H3,(H,27,33)(H,28,30)(H,31,32)/t13-,20+/m0/s1. The molecule has 1 aliphatic heterocycles. The van der Waals surface area contributed by atoms with Gasteiger partial charge in [-0.25, -0.2) is 23.6 Å². The van der Waals surface area contributed by atoms with Gasteiger partial charge in [0.05, 0.1) is 12.0 Å². The predicted octanol–water partition coefficient (Wildman–Crippen LogP) is 3.75. The van der Waals surface area contributed by atoms with Crippen LogP contribution < -0.4 is 15.4 Å². The largest absolute Gasteiger partial charge is 0.497 e. The van der Waals surface area contributed by atoms with Crippen LogP contribution in [0.4, 0.5) is 19.3 Å². The number of rotatable bonds is 6. The van der Waals surface area contributed by atoms with E-state index in [9.17, 15) is 23.2 Å². The minimum atomic E-state index is -1.70. The zero-order valence-electron chi connectivity index (χ0n) is 20.1. The number of anilines is 1. The van der Waals surface area contributed by atoms with Gasteiger partial charge in [0.25, 0.3) is 5.91 Å². The third-order valence-corrected chi connectivity index (χ3v) is 7.29. The molecular weight excluding hydrogens is 480 g/mol. The number of methoxy groups -OCH3 is 1. The SMILES string of the molecule is COc1ccc2c(c1)CCN(C(=O)N[C@@H](C)C(=O)O)[C@H]2C(=O)Nc1cc(F)c(S(C)(C)C)c(F)c1. The second-order valence-corrected chi connectivity index (χ2v) is 13.1. The number of fused-ring (bicyclic) bond motifs is 1. The van der Waals surface area contributed by atoms with Crippen molar-refractivity contribution in [2.75, 3.05) is 37.7 Å². The summed E-state index contributed by atoms with van der Waals surface area (Å²) in [6, 6.07) is 4.07. The molecule has 0 bridgehead atoms. The number of benzene rings is 2. The van der Waals surface area contributed by atoms with Crippen molar-refractivity contribution < 1.29 is 33.0 Å². The lowest BCUT2D eigenvalue weighted by molar-refractivity contribution is -0.138. The van der Waals surface area contributed by atoms with E-state index < -0.39 is 51.7 Å². The maximum atomic E-state index is 14.7. The first kappa shape index (κ1) is 26.3. The van der Waals surface area contributed by atoms with Crippen molar-refractivity contribution in [3.8, 4) is 5.75 Å². The Morgan fingerprint density at radius 2 is 1.77 bits per heavy atom. The molecule has 2 atom stereocenters. The quantitative estimate of drug-likeness (QED) is 0.550. The van der Waals surface area contributed by atoms with E-state index in [-0.39, 0.29) is 17.1 Å². The van der Waals surface area contributed by atoms with Crippen molar-refractivity contribution in [3.05, 3.63) is 53.1 Å². The second kappa shape index (κ2) is 10.1. The number of carbonyl (C=O) groups excluding carboxylic acids is 2. The molecule has 11 heteroatoms. The van der Waals surface area contributed by atoms with E-state index in [1.54, 1.807) is 37.0 Å². The van der Waals surface area contributed by atoms with E-state index in [1.807, 2.05) is 0 Å². The topological polar surface area (TPSA) is 108 Å². The van der Waals surface area contributed by atoms with Crippen LogP contribution in [0.5, 0.6) is 5.75 Å². The second-order valence-electron chi connectivity index (χ2n) is 9.02. The van der Waals surface area contributed by atoms with Crippen LogP contribution in [0.25, 0.3) is 0 Å². The number of nitrogens with one attached hydrogen (secondary N) is 2. The van der Waals surface area contributed by atoms with Crippen LogP contribution in [0, 0.1) is 11.6 Å². The molecule has 0 saturated carbocycles. The molecule has 0 aromatic heterocycles. The Hall–Kier alpha value is -3.34. The normalized spacial score (nSPS) is 16.7. The summed E-state index contributed by atoms with van der Waals surface area (Å²) in [6.07, 6.45) is 5.68. The van der Waals surface area contributed by atoms with E-state index in [4.69, 9.17) is 9.84 Å². The third-order valence-electron chi connectivity index (χ3n) is 5.68. The van der Waals surface area contributed by atoms with E-state index >= 15 is 0 Å². The highest BCUT2D eigenvalue weighted by Gasteiger charge is 2.37. The zero-order valence-corrected chi connectivity index (χ0v) is 21.0. The van der Waals surface area contributed by atoms with Gasteiger partial charge in [-0.05, 0) is 67.5 Å². The Morgan fingerprint density at radius 3 is 2.31 bits per heavy atom. The first-order valence-corrected chi connectivity index (χ1v) is 13.6. The van der Waals surface area contributed by atoms with Gasteiger partial charge in [-0.15, -0.1) is 0 Å². The van der Waals surface area contributed by atoms with Crippen LogP contribution in [0.3, 0.4) is 0 Å². The van der Waals surface area contributed by atoms with Crippen molar-refractivity contribution in [3.63, 3.8) is 0 Å². The number of nitrogens with zero attached hydrogens (tertiary/aromatic N) is 1. The summed E-state index contributed by atoms with van der Waals surface area (Å²) in [7, 11) is -0.191. The number of carboxylic acid groups (broad SMARTS) is 1. The molecular formula is C24H29F2N3O5S. The van der Waals surface area contributed by atoms with Crippen LogP contribution in [0.1, 0.15) is 24.1 Å². The molecule has 0 fully saturated rings. The molecule has 0 unspecified atom stereocenters. The number of carbonyl (C=O) groups is 3. The van der Waals surface area contributed by atoms with Crippen molar-refractivity contribution in [1.29, 1.82) is 0 Å². The highest BCUT2D eigenvalue weighted by molar-refractivity contribution is 8.32. The summed E-state index contributed by atoms with van der Waals surface area (Å²) in [5.41, 5.74) is 1.19. The number of hydrogen-bond acceptors (Lipinski definition) is 4. The molecule has 3 amide bonds. The number of halogens is 2. The van der Waals surface area contributed by atoms with Gasteiger partial charge in [0.1, 0.15) is 29.5 Å². The van der Waals surface area contributed by atoms with Crippen molar-refractivity contribution >= 4 is 33.6 Å². The lowest BCUT2D eigenvalue weighted by atomic mass is 9.91. The van der Waals surface area contributed by atoms with Crippen LogP contribution in [0.2, 0.25) is 0 Å². The molecule has 3 N–H and O–H groups in total. The zero-order chi connectivity index (χ0) is 26.1. The maximum Gasteiger partial charge on any atom is 0.325 e. The summed E-state index contributed by atoms with van der Waals surface area (Å²) >= 11 is 0. The number of aliphatic carboxylic acids is 1. The molecule has 0 radical (unpaired) electrons. The number of carboxylic acids is 1. The molecule has 3 rings (SSSR count). The average Bonchev–Trinajstić information content (AvgIpc) is 2.75. The molecule has 35 heavy (non-hydrogen) atoms. The number of ether oxygens (including phenoxy) is 1. The smallest absolute Gasteiger partial charge is 0.325 e.